The summed E-state index contributed by atoms with van der Waals surface area (Å²) >= 11 is 0. The second-order valence-corrected chi connectivity index (χ2v) is 7.31. The lowest BCUT2D eigenvalue weighted by Crippen LogP contribution is -2.33. The van der Waals surface area contributed by atoms with Gasteiger partial charge in [-0.1, -0.05) is 36.1 Å². The quantitative estimate of drug-likeness (QED) is 0.767. The van der Waals surface area contributed by atoms with E-state index in [1.807, 2.05) is 48.5 Å². The van der Waals surface area contributed by atoms with Crippen molar-refractivity contribution in [3.8, 4) is 17.6 Å². The van der Waals surface area contributed by atoms with Crippen LogP contribution in [-0.4, -0.2) is 30.5 Å². The molecule has 28 heavy (non-hydrogen) atoms. The number of alkyl carbamates (subject to hydrolysis) is 1. The molecule has 0 aliphatic heterocycles. The Labute approximate surface area is 166 Å². The van der Waals surface area contributed by atoms with Crippen molar-refractivity contribution in [2.24, 2.45) is 0 Å². The van der Waals surface area contributed by atoms with Gasteiger partial charge < -0.3 is 19.9 Å². The molecule has 2 N–H and O–H groups in total. The van der Waals surface area contributed by atoms with Gasteiger partial charge in [0.1, 0.15) is 11.4 Å². The van der Waals surface area contributed by atoms with Gasteiger partial charge in [0.25, 0.3) is 0 Å². The van der Waals surface area contributed by atoms with Crippen LogP contribution in [0.2, 0.25) is 0 Å². The van der Waals surface area contributed by atoms with E-state index in [2.05, 4.69) is 17.2 Å². The maximum Gasteiger partial charge on any atom is 0.407 e. The van der Waals surface area contributed by atoms with Gasteiger partial charge in [-0.15, -0.1) is 0 Å². The summed E-state index contributed by atoms with van der Waals surface area (Å²) in [5.41, 5.74) is 1.80. The standard InChI is InChI=1S/C23H27NO4/c1-23(2,3)28-22(26)24-15-14-20(25)19-10-7-8-17(16-19)12-13-18-9-5-6-11-21(18)27-4/h5-11,16,20,25H,14-15H2,1-4H3,(H,24,26). The monoisotopic (exact) mass is 381 g/mol. The summed E-state index contributed by atoms with van der Waals surface area (Å²) in [7, 11) is 1.61. The lowest BCUT2D eigenvalue weighted by molar-refractivity contribution is 0.0518. The number of benzene rings is 2. The van der Waals surface area contributed by atoms with Crippen LogP contribution in [0.25, 0.3) is 0 Å². The van der Waals surface area contributed by atoms with Crippen molar-refractivity contribution in [1.82, 2.24) is 5.32 Å². The SMILES string of the molecule is COc1ccccc1C#Cc1cccc(C(O)CCNC(=O)OC(C)(C)C)c1. The van der Waals surface area contributed by atoms with E-state index in [1.165, 1.54) is 0 Å². The van der Waals surface area contributed by atoms with Gasteiger partial charge in [0, 0.05) is 12.1 Å². The van der Waals surface area contributed by atoms with Gasteiger partial charge in [0.2, 0.25) is 0 Å². The Hall–Kier alpha value is -2.97. The van der Waals surface area contributed by atoms with E-state index in [4.69, 9.17) is 9.47 Å². The number of carbonyl (C=O) groups excluding carboxylic acids is 1. The molecule has 0 spiro atoms. The Morgan fingerprint density at radius 2 is 1.89 bits per heavy atom. The molecule has 2 aromatic rings. The number of hydrogen-bond acceptors (Lipinski definition) is 4. The van der Waals surface area contributed by atoms with Crippen molar-refractivity contribution >= 4 is 6.09 Å². The summed E-state index contributed by atoms with van der Waals surface area (Å²) in [6, 6.07) is 15.0. The zero-order chi connectivity index (χ0) is 20.6. The van der Waals surface area contributed by atoms with Crippen molar-refractivity contribution in [3.63, 3.8) is 0 Å². The number of hydrogen-bond donors (Lipinski definition) is 2. The van der Waals surface area contributed by atoms with Gasteiger partial charge in [-0.2, -0.15) is 0 Å². The van der Waals surface area contributed by atoms with Crippen LogP contribution in [0.5, 0.6) is 5.75 Å². The highest BCUT2D eigenvalue weighted by Crippen LogP contribution is 2.19. The van der Waals surface area contributed by atoms with E-state index < -0.39 is 17.8 Å². The van der Waals surface area contributed by atoms with E-state index in [0.29, 0.717) is 13.0 Å². The van der Waals surface area contributed by atoms with Crippen molar-refractivity contribution in [3.05, 3.63) is 65.2 Å². The van der Waals surface area contributed by atoms with Crippen LogP contribution in [0.1, 0.15) is 50.0 Å². The van der Waals surface area contributed by atoms with E-state index in [-0.39, 0.29) is 0 Å². The molecule has 0 saturated heterocycles. The molecule has 0 aliphatic carbocycles. The first-order chi connectivity index (χ1) is 13.3. The van der Waals surface area contributed by atoms with Gasteiger partial charge in [-0.25, -0.2) is 4.79 Å². The highest BCUT2D eigenvalue weighted by Gasteiger charge is 2.16. The molecule has 1 unspecified atom stereocenters. The number of amides is 1. The van der Waals surface area contributed by atoms with Gasteiger partial charge in [-0.3, -0.25) is 0 Å². The lowest BCUT2D eigenvalue weighted by atomic mass is 10.0. The minimum atomic E-state index is -0.706. The highest BCUT2D eigenvalue weighted by molar-refractivity contribution is 5.67. The van der Waals surface area contributed by atoms with Crippen LogP contribution in [0, 0.1) is 11.8 Å². The number of methoxy groups -OCH3 is 1. The van der Waals surface area contributed by atoms with Gasteiger partial charge in [0.15, 0.2) is 0 Å². The van der Waals surface area contributed by atoms with Gasteiger partial charge in [-0.05, 0) is 57.0 Å². The normalized spacial score (nSPS) is 11.8. The number of para-hydroxylation sites is 1. The summed E-state index contributed by atoms with van der Waals surface area (Å²) in [5, 5.41) is 13.0. The maximum absolute atomic E-state index is 11.7. The fourth-order valence-electron chi connectivity index (χ4n) is 2.50. The van der Waals surface area contributed by atoms with E-state index in [9.17, 15) is 9.90 Å². The molecular weight excluding hydrogens is 354 g/mol. The Morgan fingerprint density at radius 1 is 1.14 bits per heavy atom. The largest absolute Gasteiger partial charge is 0.495 e. The number of carbonyl (C=O) groups is 1. The van der Waals surface area contributed by atoms with Crippen LogP contribution in [0.4, 0.5) is 4.79 Å². The average molecular weight is 381 g/mol. The second kappa shape index (κ2) is 9.82. The molecule has 0 radical (unpaired) electrons. The summed E-state index contributed by atoms with van der Waals surface area (Å²) in [6.45, 7) is 5.73. The molecule has 0 fully saturated rings. The van der Waals surface area contributed by atoms with Crippen molar-refractivity contribution in [2.75, 3.05) is 13.7 Å². The summed E-state index contributed by atoms with van der Waals surface area (Å²) < 4.78 is 10.5. The molecular formula is C23H27NO4. The zero-order valence-electron chi connectivity index (χ0n) is 16.8. The summed E-state index contributed by atoms with van der Waals surface area (Å²) in [6.07, 6.45) is -0.818. The Balaban J connectivity index is 1.97. The molecule has 5 nitrogen and oxygen atoms in total. The van der Waals surface area contributed by atoms with Crippen molar-refractivity contribution < 1.29 is 19.4 Å². The van der Waals surface area contributed by atoms with Crippen LogP contribution >= 0.6 is 0 Å². The highest BCUT2D eigenvalue weighted by atomic mass is 16.6. The average Bonchev–Trinajstić information content (AvgIpc) is 2.65. The van der Waals surface area contributed by atoms with Crippen LogP contribution in [-0.2, 0) is 4.74 Å². The molecule has 148 valence electrons. The van der Waals surface area contributed by atoms with Crippen LogP contribution < -0.4 is 10.1 Å². The molecule has 2 rings (SSSR count). The first kappa shape index (κ1) is 21.3. The molecule has 1 amide bonds. The molecule has 2 aromatic carbocycles. The van der Waals surface area contributed by atoms with Crippen LogP contribution in [0.3, 0.4) is 0 Å². The second-order valence-electron chi connectivity index (χ2n) is 7.31. The molecule has 0 saturated carbocycles. The number of aliphatic hydroxyl groups excluding tert-OH is 1. The Morgan fingerprint density at radius 3 is 2.61 bits per heavy atom. The third-order valence-corrected chi connectivity index (χ3v) is 3.81. The third-order valence-electron chi connectivity index (χ3n) is 3.81. The molecule has 0 bridgehead atoms. The summed E-state index contributed by atoms with van der Waals surface area (Å²) in [5.74, 6) is 6.92. The Bertz CT molecular complexity index is 859. The zero-order valence-corrected chi connectivity index (χ0v) is 16.8. The van der Waals surface area contributed by atoms with E-state index in [1.54, 1.807) is 27.9 Å². The fourth-order valence-corrected chi connectivity index (χ4v) is 2.50. The van der Waals surface area contributed by atoms with E-state index in [0.717, 1.165) is 22.4 Å². The van der Waals surface area contributed by atoms with Crippen molar-refractivity contribution in [2.45, 2.75) is 38.9 Å². The first-order valence-electron chi connectivity index (χ1n) is 9.18. The first-order valence-corrected chi connectivity index (χ1v) is 9.18. The minimum Gasteiger partial charge on any atom is -0.495 e. The molecule has 0 aromatic heterocycles. The topological polar surface area (TPSA) is 67.8 Å². The molecule has 0 aliphatic rings. The summed E-state index contributed by atoms with van der Waals surface area (Å²) in [4.78, 5) is 11.7. The smallest absolute Gasteiger partial charge is 0.407 e. The predicted molar refractivity (Wildman–Crippen MR) is 109 cm³/mol. The Kier molecular flexibility index (Phi) is 7.48. The van der Waals surface area contributed by atoms with Gasteiger partial charge >= 0.3 is 6.09 Å². The number of nitrogens with one attached hydrogen (secondary N) is 1. The van der Waals surface area contributed by atoms with Gasteiger partial charge in [0.05, 0.1) is 18.8 Å². The molecule has 0 heterocycles. The maximum atomic E-state index is 11.7. The number of rotatable bonds is 5. The minimum absolute atomic E-state index is 0.313. The van der Waals surface area contributed by atoms with E-state index >= 15 is 0 Å². The number of ether oxygens (including phenoxy) is 2. The fraction of sp³-hybridized carbons (Fsp3) is 0.348. The molecule has 1 atom stereocenters. The molecule has 5 heteroatoms. The lowest BCUT2D eigenvalue weighted by Gasteiger charge is -2.20. The van der Waals surface area contributed by atoms with Crippen LogP contribution in [0.15, 0.2) is 48.5 Å². The number of aliphatic hydroxyl groups is 1. The predicted octanol–water partition coefficient (Wildman–Crippen LogP) is 4.04. The van der Waals surface area contributed by atoms with Crippen molar-refractivity contribution in [1.29, 1.82) is 0 Å². The third kappa shape index (κ3) is 6.98.